The van der Waals surface area contributed by atoms with Crippen molar-refractivity contribution in [3.63, 3.8) is 0 Å². The Morgan fingerprint density at radius 3 is 2.46 bits per heavy atom. The number of nitro benzene ring substituents is 1. The third-order valence-corrected chi connectivity index (χ3v) is 4.36. The van der Waals surface area contributed by atoms with Gasteiger partial charge in [-0.2, -0.15) is 0 Å². The number of carbonyl (C=O) groups excluding carboxylic acids is 1. The number of carbonyl (C=O) groups is 1. The van der Waals surface area contributed by atoms with Crippen molar-refractivity contribution < 1.29 is 9.72 Å². The molecule has 0 atom stereocenters. The predicted octanol–water partition coefficient (Wildman–Crippen LogP) is 1.43. The van der Waals surface area contributed by atoms with E-state index in [4.69, 9.17) is 0 Å². The molecule has 1 N–H and O–H groups in total. The minimum atomic E-state index is -0.398. The minimum Gasteiger partial charge on any atom is -0.369 e. The molecule has 1 aliphatic heterocycles. The van der Waals surface area contributed by atoms with Gasteiger partial charge in [-0.25, -0.2) is 0 Å². The molecule has 8 heteroatoms. The summed E-state index contributed by atoms with van der Waals surface area (Å²) in [5, 5.41) is 13.6. The second-order valence-electron chi connectivity index (χ2n) is 6.13. The van der Waals surface area contributed by atoms with Crippen LogP contribution in [0.25, 0.3) is 0 Å². The zero-order valence-corrected chi connectivity index (χ0v) is 14.4. The molecule has 2 heterocycles. The molecular formula is C18H21N5O3. The average Bonchev–Trinajstić information content (AvgIpc) is 2.68. The lowest BCUT2D eigenvalue weighted by Crippen LogP contribution is -2.49. The molecular weight excluding hydrogens is 334 g/mol. The molecule has 136 valence electrons. The lowest BCUT2D eigenvalue weighted by Gasteiger charge is -2.35. The first-order chi connectivity index (χ1) is 12.6. The highest BCUT2D eigenvalue weighted by atomic mass is 16.6. The molecule has 1 saturated heterocycles. The number of anilines is 1. The number of non-ortho nitro benzene ring substituents is 1. The molecule has 3 rings (SSSR count). The summed E-state index contributed by atoms with van der Waals surface area (Å²) in [5.74, 6) is -0.0144. The Hall–Kier alpha value is -3.00. The van der Waals surface area contributed by atoms with E-state index in [1.807, 2.05) is 18.2 Å². The maximum absolute atomic E-state index is 12.1. The van der Waals surface area contributed by atoms with Crippen molar-refractivity contribution in [3.05, 3.63) is 64.5 Å². The second kappa shape index (κ2) is 8.39. The normalized spacial score (nSPS) is 14.8. The molecule has 0 spiro atoms. The van der Waals surface area contributed by atoms with Crippen molar-refractivity contribution in [2.24, 2.45) is 0 Å². The van der Waals surface area contributed by atoms with Crippen LogP contribution in [0.5, 0.6) is 0 Å². The highest BCUT2D eigenvalue weighted by Crippen LogP contribution is 2.20. The fourth-order valence-corrected chi connectivity index (χ4v) is 2.90. The smallest absolute Gasteiger partial charge is 0.269 e. The second-order valence-corrected chi connectivity index (χ2v) is 6.13. The van der Waals surface area contributed by atoms with Crippen molar-refractivity contribution in [3.8, 4) is 0 Å². The Bertz CT molecular complexity index is 743. The Balaban J connectivity index is 1.43. The van der Waals surface area contributed by atoms with Crippen LogP contribution in [0.15, 0.2) is 48.7 Å². The van der Waals surface area contributed by atoms with E-state index in [0.717, 1.165) is 37.6 Å². The van der Waals surface area contributed by atoms with Gasteiger partial charge in [0.05, 0.1) is 23.7 Å². The van der Waals surface area contributed by atoms with Crippen LogP contribution in [0.1, 0.15) is 5.69 Å². The highest BCUT2D eigenvalue weighted by molar-refractivity contribution is 5.78. The van der Waals surface area contributed by atoms with Crippen molar-refractivity contribution in [1.82, 2.24) is 15.2 Å². The number of nitrogens with one attached hydrogen (secondary N) is 1. The molecule has 1 aliphatic rings. The van der Waals surface area contributed by atoms with Crippen molar-refractivity contribution >= 4 is 17.3 Å². The maximum Gasteiger partial charge on any atom is 0.269 e. The zero-order valence-electron chi connectivity index (χ0n) is 14.4. The Morgan fingerprint density at radius 1 is 1.12 bits per heavy atom. The van der Waals surface area contributed by atoms with E-state index in [1.165, 1.54) is 12.1 Å². The SMILES string of the molecule is O=C(CN1CCN(c2ccc([N+](=O)[O-])cc2)CC1)NCc1ccccn1. The topological polar surface area (TPSA) is 91.6 Å². The first-order valence-corrected chi connectivity index (χ1v) is 8.50. The van der Waals surface area contributed by atoms with Crippen LogP contribution in [0, 0.1) is 10.1 Å². The van der Waals surface area contributed by atoms with E-state index in [1.54, 1.807) is 18.3 Å². The summed E-state index contributed by atoms with van der Waals surface area (Å²) in [4.78, 5) is 30.9. The molecule has 1 aromatic carbocycles. The van der Waals surface area contributed by atoms with Gasteiger partial charge >= 0.3 is 0 Å². The van der Waals surface area contributed by atoms with Gasteiger partial charge in [0.1, 0.15) is 0 Å². The van der Waals surface area contributed by atoms with E-state index in [2.05, 4.69) is 20.1 Å². The van der Waals surface area contributed by atoms with Crippen LogP contribution in [0.4, 0.5) is 11.4 Å². The van der Waals surface area contributed by atoms with E-state index < -0.39 is 4.92 Å². The number of aromatic nitrogens is 1. The van der Waals surface area contributed by atoms with Crippen LogP contribution >= 0.6 is 0 Å². The Labute approximate surface area is 151 Å². The molecule has 8 nitrogen and oxygen atoms in total. The number of nitrogens with zero attached hydrogens (tertiary/aromatic N) is 4. The third-order valence-electron chi connectivity index (χ3n) is 4.36. The maximum atomic E-state index is 12.1. The molecule has 0 bridgehead atoms. The highest BCUT2D eigenvalue weighted by Gasteiger charge is 2.19. The van der Waals surface area contributed by atoms with E-state index in [9.17, 15) is 14.9 Å². The largest absolute Gasteiger partial charge is 0.369 e. The minimum absolute atomic E-state index is 0.0144. The van der Waals surface area contributed by atoms with Gasteiger partial charge in [0.2, 0.25) is 5.91 Å². The van der Waals surface area contributed by atoms with Crippen LogP contribution in [0.3, 0.4) is 0 Å². The van der Waals surface area contributed by atoms with Gasteiger partial charge < -0.3 is 10.2 Å². The van der Waals surface area contributed by atoms with Gasteiger partial charge in [-0.15, -0.1) is 0 Å². The Morgan fingerprint density at radius 2 is 1.85 bits per heavy atom. The number of amides is 1. The molecule has 26 heavy (non-hydrogen) atoms. The molecule has 1 fully saturated rings. The molecule has 0 unspecified atom stereocenters. The van der Waals surface area contributed by atoms with Crippen LogP contribution in [-0.4, -0.2) is 53.4 Å². The summed E-state index contributed by atoms with van der Waals surface area (Å²) in [5.41, 5.74) is 1.90. The third kappa shape index (κ3) is 4.76. The molecule has 0 radical (unpaired) electrons. The Kier molecular flexibility index (Phi) is 5.75. The fourth-order valence-electron chi connectivity index (χ4n) is 2.90. The number of rotatable bonds is 6. The number of piperazine rings is 1. The van der Waals surface area contributed by atoms with E-state index >= 15 is 0 Å². The summed E-state index contributed by atoms with van der Waals surface area (Å²) < 4.78 is 0. The zero-order chi connectivity index (χ0) is 18.4. The van der Waals surface area contributed by atoms with Gasteiger partial charge in [0.25, 0.3) is 5.69 Å². The van der Waals surface area contributed by atoms with E-state index in [-0.39, 0.29) is 11.6 Å². The lowest BCUT2D eigenvalue weighted by molar-refractivity contribution is -0.384. The first kappa shape index (κ1) is 17.8. The molecule has 2 aromatic rings. The number of nitro groups is 1. The van der Waals surface area contributed by atoms with Gasteiger partial charge in [-0.1, -0.05) is 6.07 Å². The number of hydrogen-bond acceptors (Lipinski definition) is 6. The van der Waals surface area contributed by atoms with Gasteiger partial charge in [0.15, 0.2) is 0 Å². The predicted molar refractivity (Wildman–Crippen MR) is 97.8 cm³/mol. The van der Waals surface area contributed by atoms with Crippen LogP contribution < -0.4 is 10.2 Å². The molecule has 0 saturated carbocycles. The summed E-state index contributed by atoms with van der Waals surface area (Å²) in [6, 6.07) is 12.2. The van der Waals surface area contributed by atoms with Crippen molar-refractivity contribution in [2.75, 3.05) is 37.6 Å². The fraction of sp³-hybridized carbons (Fsp3) is 0.333. The van der Waals surface area contributed by atoms with Crippen LogP contribution in [-0.2, 0) is 11.3 Å². The van der Waals surface area contributed by atoms with Gasteiger partial charge in [-0.3, -0.25) is 24.8 Å². The first-order valence-electron chi connectivity index (χ1n) is 8.50. The summed E-state index contributed by atoms with van der Waals surface area (Å²) >= 11 is 0. The number of hydrogen-bond donors (Lipinski definition) is 1. The average molecular weight is 355 g/mol. The molecule has 0 aliphatic carbocycles. The summed E-state index contributed by atoms with van der Waals surface area (Å²) in [6.07, 6.45) is 1.71. The van der Waals surface area contributed by atoms with Crippen LogP contribution in [0.2, 0.25) is 0 Å². The number of benzene rings is 1. The van der Waals surface area contributed by atoms with Gasteiger partial charge in [0, 0.05) is 50.2 Å². The summed E-state index contributed by atoms with van der Waals surface area (Å²) in [7, 11) is 0. The van der Waals surface area contributed by atoms with E-state index in [0.29, 0.717) is 13.1 Å². The monoisotopic (exact) mass is 355 g/mol. The molecule has 1 aromatic heterocycles. The quantitative estimate of drug-likeness (QED) is 0.623. The summed E-state index contributed by atoms with van der Waals surface area (Å²) in [6.45, 7) is 3.90. The van der Waals surface area contributed by atoms with Crippen molar-refractivity contribution in [1.29, 1.82) is 0 Å². The van der Waals surface area contributed by atoms with Gasteiger partial charge in [-0.05, 0) is 24.3 Å². The van der Waals surface area contributed by atoms with Crippen molar-refractivity contribution in [2.45, 2.75) is 6.54 Å². The standard InChI is InChI=1S/C18H21N5O3/c24-18(20-13-15-3-1-2-8-19-15)14-21-9-11-22(12-10-21)16-4-6-17(7-5-16)23(25)26/h1-8H,9-14H2,(H,20,24). The number of pyridine rings is 1. The lowest BCUT2D eigenvalue weighted by atomic mass is 10.2. The molecule has 1 amide bonds.